The molecule has 2 aliphatic rings. The summed E-state index contributed by atoms with van der Waals surface area (Å²) in [5, 5.41) is 0. The van der Waals surface area contributed by atoms with E-state index in [0.717, 1.165) is 26.5 Å². The van der Waals surface area contributed by atoms with E-state index in [1.807, 2.05) is 36.4 Å². The lowest BCUT2D eigenvalue weighted by atomic mass is 9.55. The third-order valence-corrected chi connectivity index (χ3v) is 9.74. The van der Waals surface area contributed by atoms with Crippen LogP contribution in [0.4, 0.5) is 0 Å². The summed E-state index contributed by atoms with van der Waals surface area (Å²) >= 11 is 7.10. The molecular formula is C32H33Br2NO4. The first kappa shape index (κ1) is 28.1. The van der Waals surface area contributed by atoms with Crippen LogP contribution in [0.3, 0.4) is 0 Å². The molecule has 3 aromatic rings. The smallest absolute Gasteiger partial charge is 0.325 e. The fourth-order valence-corrected chi connectivity index (χ4v) is 7.79. The van der Waals surface area contributed by atoms with Gasteiger partial charge in [-0.05, 0) is 65.3 Å². The van der Waals surface area contributed by atoms with E-state index < -0.39 is 23.4 Å². The van der Waals surface area contributed by atoms with Gasteiger partial charge in [0.25, 0.3) is 0 Å². The minimum Gasteiger partial charge on any atom is -0.468 e. The van der Waals surface area contributed by atoms with Crippen molar-refractivity contribution >= 4 is 43.8 Å². The van der Waals surface area contributed by atoms with Crippen LogP contribution >= 0.6 is 31.9 Å². The van der Waals surface area contributed by atoms with Gasteiger partial charge in [0.2, 0.25) is 0 Å². The fourth-order valence-electron chi connectivity index (χ4n) is 7.26. The average molecular weight is 655 g/mol. The van der Waals surface area contributed by atoms with Crippen molar-refractivity contribution in [1.29, 1.82) is 0 Å². The fraction of sp³-hybridized carbons (Fsp3) is 0.375. The number of carbonyl (C=O) groups is 2. The van der Waals surface area contributed by atoms with Crippen LogP contribution in [0.2, 0.25) is 0 Å². The van der Waals surface area contributed by atoms with Gasteiger partial charge in [0, 0.05) is 26.9 Å². The molecule has 1 aliphatic heterocycles. The zero-order valence-electron chi connectivity index (χ0n) is 22.6. The van der Waals surface area contributed by atoms with Gasteiger partial charge in [0.15, 0.2) is 5.41 Å². The molecule has 5 nitrogen and oxygen atoms in total. The minimum atomic E-state index is -1.53. The Kier molecular flexibility index (Phi) is 7.79. The zero-order valence-corrected chi connectivity index (χ0v) is 25.8. The van der Waals surface area contributed by atoms with Crippen LogP contribution in [0.1, 0.15) is 48.6 Å². The summed E-state index contributed by atoms with van der Waals surface area (Å²) in [4.78, 5) is 30.2. The van der Waals surface area contributed by atoms with Gasteiger partial charge in [0.05, 0.1) is 20.3 Å². The van der Waals surface area contributed by atoms with Crippen molar-refractivity contribution in [2.24, 2.45) is 11.3 Å². The zero-order chi connectivity index (χ0) is 27.9. The number of hydrogen-bond donors (Lipinski definition) is 0. The van der Waals surface area contributed by atoms with Crippen LogP contribution in [0.25, 0.3) is 0 Å². The molecule has 1 heterocycles. The van der Waals surface area contributed by atoms with E-state index in [4.69, 9.17) is 9.47 Å². The highest BCUT2D eigenvalue weighted by atomic mass is 79.9. The van der Waals surface area contributed by atoms with Gasteiger partial charge in [-0.2, -0.15) is 0 Å². The topological polar surface area (TPSA) is 55.8 Å². The molecule has 1 fully saturated rings. The molecular weight excluding hydrogens is 622 g/mol. The van der Waals surface area contributed by atoms with Crippen LogP contribution in [-0.2, 0) is 37.4 Å². The Balaban J connectivity index is 1.79. The Morgan fingerprint density at radius 1 is 0.872 bits per heavy atom. The summed E-state index contributed by atoms with van der Waals surface area (Å²) in [5.41, 5.74) is 2.76. The second kappa shape index (κ2) is 10.8. The predicted octanol–water partition coefficient (Wildman–Crippen LogP) is 7.01. The van der Waals surface area contributed by atoms with E-state index in [1.54, 1.807) is 0 Å². The number of likely N-dealkylation sites (tertiary alicyclic amines) is 1. The van der Waals surface area contributed by atoms with Crippen molar-refractivity contribution in [2.75, 3.05) is 14.2 Å². The summed E-state index contributed by atoms with van der Waals surface area (Å²) in [6.07, 6.45) is 1.11. The Morgan fingerprint density at radius 3 is 2.03 bits per heavy atom. The first-order valence-corrected chi connectivity index (χ1v) is 14.7. The number of rotatable bonds is 5. The lowest BCUT2D eigenvalue weighted by molar-refractivity contribution is -0.189. The maximum Gasteiger partial charge on any atom is 0.325 e. The van der Waals surface area contributed by atoms with Gasteiger partial charge in [-0.3, -0.25) is 14.5 Å². The number of carbonyl (C=O) groups excluding carboxylic acids is 2. The maximum atomic E-state index is 13.9. The molecule has 1 saturated heterocycles. The van der Waals surface area contributed by atoms with Crippen molar-refractivity contribution in [3.8, 4) is 0 Å². The molecule has 0 unspecified atom stereocenters. The normalized spacial score (nSPS) is 23.3. The first-order valence-electron chi connectivity index (χ1n) is 13.1. The van der Waals surface area contributed by atoms with Gasteiger partial charge < -0.3 is 9.47 Å². The van der Waals surface area contributed by atoms with Crippen LogP contribution in [0, 0.1) is 11.3 Å². The minimum absolute atomic E-state index is 0.0234. The first-order chi connectivity index (χ1) is 18.6. The molecule has 204 valence electrons. The summed E-state index contributed by atoms with van der Waals surface area (Å²) in [6.45, 7) is 5.13. The Morgan fingerprint density at radius 2 is 1.44 bits per heavy atom. The number of methoxy groups -OCH3 is 2. The summed E-state index contributed by atoms with van der Waals surface area (Å²) in [6, 6.07) is 24.2. The van der Waals surface area contributed by atoms with Crippen LogP contribution in [0.5, 0.6) is 0 Å². The number of esters is 2. The highest BCUT2D eigenvalue weighted by molar-refractivity contribution is 9.10. The standard InChI is InChI=1S/C32H33Br2NO4/c1-31(2)26-8-6-5-7-22(26)17-23-18-32(29(36)38-3,30(37)39-4)28(21-11-15-25(34)16-12-21)35(27(23)31)19-20-9-13-24(33)14-10-20/h5-16,23,27-28H,17-19H2,1-4H3/t23-,27-,28+/m0/s1. The van der Waals surface area contributed by atoms with Crippen LogP contribution in [0.15, 0.2) is 81.7 Å². The van der Waals surface area contributed by atoms with Crippen molar-refractivity contribution in [1.82, 2.24) is 4.90 Å². The van der Waals surface area contributed by atoms with Crippen molar-refractivity contribution in [3.63, 3.8) is 0 Å². The summed E-state index contributed by atoms with van der Waals surface area (Å²) in [7, 11) is 2.72. The number of piperidine rings is 1. The monoisotopic (exact) mass is 653 g/mol. The number of hydrogen-bond acceptors (Lipinski definition) is 5. The quantitative estimate of drug-likeness (QED) is 0.219. The van der Waals surface area contributed by atoms with E-state index in [2.05, 4.69) is 87.0 Å². The average Bonchev–Trinajstić information content (AvgIpc) is 2.93. The molecule has 39 heavy (non-hydrogen) atoms. The number of halogens is 2. The molecule has 7 heteroatoms. The summed E-state index contributed by atoms with van der Waals surface area (Å²) < 4.78 is 12.8. The predicted molar refractivity (Wildman–Crippen MR) is 158 cm³/mol. The molecule has 0 bridgehead atoms. The molecule has 3 aromatic carbocycles. The molecule has 0 saturated carbocycles. The maximum absolute atomic E-state index is 13.9. The number of ether oxygens (including phenoxy) is 2. The highest BCUT2D eigenvalue weighted by Gasteiger charge is 2.65. The molecule has 1 aliphatic carbocycles. The Labute approximate surface area is 247 Å². The lowest BCUT2D eigenvalue weighted by Gasteiger charge is -2.60. The van der Waals surface area contributed by atoms with Crippen molar-refractivity contribution < 1.29 is 19.1 Å². The molecule has 0 amide bonds. The van der Waals surface area contributed by atoms with E-state index in [-0.39, 0.29) is 17.4 Å². The Hall–Kier alpha value is -2.48. The van der Waals surface area contributed by atoms with Crippen molar-refractivity contribution in [3.05, 3.63) is 104 Å². The molecule has 0 aromatic heterocycles. The van der Waals surface area contributed by atoms with Gasteiger partial charge in [-0.15, -0.1) is 0 Å². The SMILES string of the molecule is COC(=O)C1(C(=O)OC)C[C@@H]2Cc3ccccc3C(C)(C)[C@H]2N(Cc2ccc(Br)cc2)[C@@H]1c1ccc(Br)cc1. The van der Waals surface area contributed by atoms with Crippen molar-refractivity contribution in [2.45, 2.75) is 50.7 Å². The highest BCUT2D eigenvalue weighted by Crippen LogP contribution is 2.58. The molecule has 0 spiro atoms. The van der Waals surface area contributed by atoms with Crippen LogP contribution < -0.4 is 0 Å². The molecule has 0 N–H and O–H groups in total. The van der Waals surface area contributed by atoms with E-state index in [1.165, 1.54) is 25.3 Å². The van der Waals surface area contributed by atoms with Crippen LogP contribution in [-0.4, -0.2) is 37.1 Å². The Bertz CT molecular complexity index is 1350. The number of nitrogens with zero attached hydrogens (tertiary/aromatic N) is 1. The second-order valence-corrected chi connectivity index (χ2v) is 13.0. The molecule has 5 rings (SSSR count). The second-order valence-electron chi connectivity index (χ2n) is 11.2. The summed E-state index contributed by atoms with van der Waals surface area (Å²) in [5.74, 6) is -1.09. The largest absolute Gasteiger partial charge is 0.468 e. The van der Waals surface area contributed by atoms with E-state index >= 15 is 0 Å². The van der Waals surface area contributed by atoms with Gasteiger partial charge in [0.1, 0.15) is 0 Å². The molecule has 0 radical (unpaired) electrons. The van der Waals surface area contributed by atoms with Gasteiger partial charge in [-0.1, -0.05) is 94.2 Å². The lowest BCUT2D eigenvalue weighted by Crippen LogP contribution is -2.66. The van der Waals surface area contributed by atoms with Gasteiger partial charge in [-0.25, -0.2) is 0 Å². The van der Waals surface area contributed by atoms with E-state index in [0.29, 0.717) is 13.0 Å². The van der Waals surface area contributed by atoms with E-state index in [9.17, 15) is 9.59 Å². The number of benzene rings is 3. The third-order valence-electron chi connectivity index (χ3n) is 8.68. The number of fused-ring (bicyclic) bond motifs is 2. The molecule has 3 atom stereocenters. The third kappa shape index (κ3) is 4.76. The van der Waals surface area contributed by atoms with Gasteiger partial charge >= 0.3 is 11.9 Å².